The van der Waals surface area contributed by atoms with Crippen molar-refractivity contribution in [2.24, 2.45) is 0 Å². The van der Waals surface area contributed by atoms with Gasteiger partial charge in [-0.3, -0.25) is 4.90 Å². The summed E-state index contributed by atoms with van der Waals surface area (Å²) in [4.78, 5) is 6.86. The van der Waals surface area contributed by atoms with E-state index in [4.69, 9.17) is 9.47 Å². The summed E-state index contributed by atoms with van der Waals surface area (Å²) in [5.74, 6) is 1.92. The number of imidazole rings is 1. The molecule has 0 bridgehead atoms. The summed E-state index contributed by atoms with van der Waals surface area (Å²) in [7, 11) is 3.84. The molecule has 2 aromatic rings. The Morgan fingerprint density at radius 1 is 1.33 bits per heavy atom. The van der Waals surface area contributed by atoms with Crippen LogP contribution >= 0.6 is 0 Å². The Morgan fingerprint density at radius 2 is 2.17 bits per heavy atom. The predicted octanol–water partition coefficient (Wildman–Crippen LogP) is 3.27. The molecule has 5 heteroatoms. The van der Waals surface area contributed by atoms with Gasteiger partial charge < -0.3 is 14.0 Å². The summed E-state index contributed by atoms with van der Waals surface area (Å²) >= 11 is 0. The van der Waals surface area contributed by atoms with Crippen LogP contribution in [0.3, 0.4) is 0 Å². The zero-order valence-corrected chi connectivity index (χ0v) is 14.6. The van der Waals surface area contributed by atoms with Crippen LogP contribution in [0, 0.1) is 0 Å². The molecule has 1 saturated heterocycles. The molecule has 1 aromatic heterocycles. The molecule has 1 aliphatic heterocycles. The standard InChI is InChI=1S/C19H27N3O2/c1-21(12-3-5-18-6-4-14-24-18)15-19-20-11-13-22(19)16-7-9-17(23-2)10-8-16/h7-11,13,18H,3-6,12,14-15H2,1-2H3. The van der Waals surface area contributed by atoms with Gasteiger partial charge in [-0.15, -0.1) is 0 Å². The van der Waals surface area contributed by atoms with Crippen LogP contribution in [0.5, 0.6) is 5.75 Å². The van der Waals surface area contributed by atoms with E-state index in [9.17, 15) is 0 Å². The van der Waals surface area contributed by atoms with Crippen LogP contribution in [0.25, 0.3) is 5.69 Å². The molecule has 24 heavy (non-hydrogen) atoms. The van der Waals surface area contributed by atoms with Gasteiger partial charge in [0.1, 0.15) is 11.6 Å². The number of hydrogen-bond donors (Lipinski definition) is 0. The van der Waals surface area contributed by atoms with Gasteiger partial charge in [0, 0.05) is 24.7 Å². The minimum absolute atomic E-state index is 0.486. The van der Waals surface area contributed by atoms with Gasteiger partial charge >= 0.3 is 0 Å². The number of benzene rings is 1. The van der Waals surface area contributed by atoms with Crippen LogP contribution in [-0.4, -0.2) is 47.9 Å². The molecule has 2 heterocycles. The van der Waals surface area contributed by atoms with E-state index in [1.165, 1.54) is 19.3 Å². The zero-order chi connectivity index (χ0) is 16.8. The number of ether oxygens (including phenoxy) is 2. The number of nitrogens with zero attached hydrogens (tertiary/aromatic N) is 3. The van der Waals surface area contributed by atoms with Crippen LogP contribution in [-0.2, 0) is 11.3 Å². The van der Waals surface area contributed by atoms with Crippen molar-refractivity contribution in [1.82, 2.24) is 14.5 Å². The van der Waals surface area contributed by atoms with Crippen molar-refractivity contribution < 1.29 is 9.47 Å². The lowest BCUT2D eigenvalue weighted by molar-refractivity contribution is 0.0994. The van der Waals surface area contributed by atoms with Crippen LogP contribution in [0.4, 0.5) is 0 Å². The van der Waals surface area contributed by atoms with Crippen molar-refractivity contribution in [2.75, 3.05) is 27.3 Å². The van der Waals surface area contributed by atoms with Crippen molar-refractivity contribution >= 4 is 0 Å². The summed E-state index contributed by atoms with van der Waals surface area (Å²) in [5.41, 5.74) is 1.11. The Bertz CT molecular complexity index is 618. The number of aromatic nitrogens is 2. The molecular weight excluding hydrogens is 302 g/mol. The van der Waals surface area contributed by atoms with Gasteiger partial charge in [0.05, 0.1) is 19.8 Å². The number of methoxy groups -OCH3 is 1. The fraction of sp³-hybridized carbons (Fsp3) is 0.526. The lowest BCUT2D eigenvalue weighted by Crippen LogP contribution is -2.22. The first kappa shape index (κ1) is 17.0. The summed E-state index contributed by atoms with van der Waals surface area (Å²) in [6.07, 6.45) is 9.14. The highest BCUT2D eigenvalue weighted by Gasteiger charge is 2.15. The normalized spacial score (nSPS) is 17.5. The van der Waals surface area contributed by atoms with Gasteiger partial charge in [0.25, 0.3) is 0 Å². The van der Waals surface area contributed by atoms with Gasteiger partial charge in [-0.1, -0.05) is 0 Å². The maximum atomic E-state index is 5.69. The van der Waals surface area contributed by atoms with Gasteiger partial charge in [-0.05, 0) is 63.5 Å². The molecule has 130 valence electrons. The third-order valence-corrected chi connectivity index (χ3v) is 4.57. The van der Waals surface area contributed by atoms with Crippen molar-refractivity contribution in [2.45, 2.75) is 38.3 Å². The van der Waals surface area contributed by atoms with Crippen molar-refractivity contribution in [3.8, 4) is 11.4 Å². The van der Waals surface area contributed by atoms with Crippen LogP contribution in [0.2, 0.25) is 0 Å². The predicted molar refractivity (Wildman–Crippen MR) is 94.7 cm³/mol. The van der Waals surface area contributed by atoms with Crippen LogP contribution in [0.15, 0.2) is 36.7 Å². The van der Waals surface area contributed by atoms with Crippen LogP contribution in [0.1, 0.15) is 31.5 Å². The monoisotopic (exact) mass is 329 g/mol. The third-order valence-electron chi connectivity index (χ3n) is 4.57. The highest BCUT2D eigenvalue weighted by molar-refractivity contribution is 5.38. The summed E-state index contributed by atoms with van der Waals surface area (Å²) in [5, 5.41) is 0. The molecule has 0 saturated carbocycles. The first-order valence-corrected chi connectivity index (χ1v) is 8.73. The smallest absolute Gasteiger partial charge is 0.127 e. The molecular formula is C19H27N3O2. The molecule has 0 spiro atoms. The average molecular weight is 329 g/mol. The molecule has 0 aliphatic carbocycles. The summed E-state index contributed by atoms with van der Waals surface area (Å²) in [6.45, 7) is 2.85. The number of hydrogen-bond acceptors (Lipinski definition) is 4. The van der Waals surface area contributed by atoms with E-state index in [0.29, 0.717) is 6.10 Å². The molecule has 1 fully saturated rings. The average Bonchev–Trinajstić information content (AvgIpc) is 3.27. The second kappa shape index (κ2) is 8.31. The molecule has 1 aliphatic rings. The van der Waals surface area contributed by atoms with E-state index in [1.54, 1.807) is 7.11 Å². The SMILES string of the molecule is COc1ccc(-n2ccnc2CN(C)CCCC2CCCO2)cc1. The highest BCUT2D eigenvalue weighted by Crippen LogP contribution is 2.18. The van der Waals surface area contributed by atoms with E-state index >= 15 is 0 Å². The molecule has 0 radical (unpaired) electrons. The quantitative estimate of drug-likeness (QED) is 0.745. The van der Waals surface area contributed by atoms with Crippen molar-refractivity contribution in [3.63, 3.8) is 0 Å². The fourth-order valence-corrected chi connectivity index (χ4v) is 3.21. The Balaban J connectivity index is 1.54. The van der Waals surface area contributed by atoms with E-state index < -0.39 is 0 Å². The Kier molecular flexibility index (Phi) is 5.88. The molecule has 1 atom stereocenters. The maximum absolute atomic E-state index is 5.69. The molecule has 1 unspecified atom stereocenters. The second-order valence-corrected chi connectivity index (χ2v) is 6.43. The van der Waals surface area contributed by atoms with Gasteiger partial charge in [-0.2, -0.15) is 0 Å². The highest BCUT2D eigenvalue weighted by atomic mass is 16.5. The van der Waals surface area contributed by atoms with Gasteiger partial charge in [0.15, 0.2) is 0 Å². The summed E-state index contributed by atoms with van der Waals surface area (Å²) in [6, 6.07) is 8.07. The zero-order valence-electron chi connectivity index (χ0n) is 14.6. The second-order valence-electron chi connectivity index (χ2n) is 6.43. The van der Waals surface area contributed by atoms with E-state index in [1.807, 2.05) is 24.5 Å². The first-order chi connectivity index (χ1) is 11.8. The summed E-state index contributed by atoms with van der Waals surface area (Å²) < 4.78 is 13.1. The lowest BCUT2D eigenvalue weighted by atomic mass is 10.1. The largest absolute Gasteiger partial charge is 0.497 e. The van der Waals surface area contributed by atoms with E-state index in [0.717, 1.165) is 43.4 Å². The first-order valence-electron chi connectivity index (χ1n) is 8.73. The minimum atomic E-state index is 0.486. The lowest BCUT2D eigenvalue weighted by Gasteiger charge is -2.18. The Morgan fingerprint density at radius 3 is 2.88 bits per heavy atom. The molecule has 5 nitrogen and oxygen atoms in total. The molecule has 0 amide bonds. The fourth-order valence-electron chi connectivity index (χ4n) is 3.21. The van der Waals surface area contributed by atoms with Crippen molar-refractivity contribution in [1.29, 1.82) is 0 Å². The minimum Gasteiger partial charge on any atom is -0.497 e. The van der Waals surface area contributed by atoms with Gasteiger partial charge in [-0.25, -0.2) is 4.98 Å². The van der Waals surface area contributed by atoms with Gasteiger partial charge in [0.2, 0.25) is 0 Å². The third kappa shape index (κ3) is 4.36. The Labute approximate surface area is 144 Å². The van der Waals surface area contributed by atoms with E-state index in [2.05, 4.69) is 33.6 Å². The number of rotatable bonds is 8. The van der Waals surface area contributed by atoms with Crippen molar-refractivity contribution in [3.05, 3.63) is 42.5 Å². The Hall–Kier alpha value is -1.85. The molecule has 0 N–H and O–H groups in total. The maximum Gasteiger partial charge on any atom is 0.127 e. The molecule has 3 rings (SSSR count). The van der Waals surface area contributed by atoms with E-state index in [-0.39, 0.29) is 0 Å². The van der Waals surface area contributed by atoms with Crippen LogP contribution < -0.4 is 4.74 Å². The molecule has 1 aromatic carbocycles. The topological polar surface area (TPSA) is 39.5 Å².